The maximum Gasteiger partial charge on any atom is 0.183 e. The van der Waals surface area contributed by atoms with Crippen LogP contribution >= 0.6 is 22.6 Å². The van der Waals surface area contributed by atoms with Gasteiger partial charge in [0, 0.05) is 5.56 Å². The number of hydrogen-bond acceptors (Lipinski definition) is 1. The predicted molar refractivity (Wildman–Crippen MR) is 48.2 cm³/mol. The lowest BCUT2D eigenvalue weighted by molar-refractivity contribution is 0.487. The van der Waals surface area contributed by atoms with Gasteiger partial charge in [0.2, 0.25) is 0 Å². The summed E-state index contributed by atoms with van der Waals surface area (Å²) in [4.78, 5) is 0. The first kappa shape index (κ1) is 9.63. The van der Waals surface area contributed by atoms with Gasteiger partial charge in [0.05, 0.1) is 9.26 Å². The van der Waals surface area contributed by atoms with Crippen LogP contribution in [0.15, 0.2) is 0 Å². The molecule has 2 N–H and O–H groups in total. The molecule has 1 aromatic rings. The minimum atomic E-state index is -1.22. The van der Waals surface area contributed by atoms with Gasteiger partial charge in [-0.05, 0) is 29.5 Å². The summed E-state index contributed by atoms with van der Waals surface area (Å²) in [6.07, 6.45) is 0. The van der Waals surface area contributed by atoms with Gasteiger partial charge in [-0.3, -0.25) is 0 Å². The molecule has 5 heteroatoms. The number of hydrogen-bond donors (Lipinski definition) is 1. The van der Waals surface area contributed by atoms with Crippen molar-refractivity contribution in [2.75, 3.05) is 5.73 Å². The zero-order valence-electron chi connectivity index (χ0n) is 6.09. The van der Waals surface area contributed by atoms with Crippen LogP contribution in [0.3, 0.4) is 0 Å². The van der Waals surface area contributed by atoms with Crippen LogP contribution in [-0.2, 0) is 0 Å². The van der Waals surface area contributed by atoms with Crippen LogP contribution in [0, 0.1) is 27.9 Å². The molecule has 0 saturated heterocycles. The maximum absolute atomic E-state index is 12.9. The van der Waals surface area contributed by atoms with E-state index in [0.717, 1.165) is 6.92 Å². The monoisotopic (exact) mass is 287 g/mol. The van der Waals surface area contributed by atoms with E-state index in [4.69, 9.17) is 5.73 Å². The van der Waals surface area contributed by atoms with Crippen LogP contribution < -0.4 is 5.73 Å². The fourth-order valence-corrected chi connectivity index (χ4v) is 1.40. The Morgan fingerprint density at radius 2 is 1.58 bits per heavy atom. The van der Waals surface area contributed by atoms with Crippen molar-refractivity contribution in [3.05, 3.63) is 26.6 Å². The summed E-state index contributed by atoms with van der Waals surface area (Å²) >= 11 is 1.53. The lowest BCUT2D eigenvalue weighted by Crippen LogP contribution is -2.04. The van der Waals surface area contributed by atoms with E-state index in [-0.39, 0.29) is 9.13 Å². The molecule has 1 aromatic carbocycles. The van der Waals surface area contributed by atoms with Gasteiger partial charge in [-0.2, -0.15) is 0 Å². The summed E-state index contributed by atoms with van der Waals surface area (Å²) in [5, 5.41) is 0. The minimum Gasteiger partial charge on any atom is -0.395 e. The molecule has 66 valence electrons. The lowest BCUT2D eigenvalue weighted by atomic mass is 10.2. The third-order valence-electron chi connectivity index (χ3n) is 1.52. The van der Waals surface area contributed by atoms with Crippen LogP contribution in [0.5, 0.6) is 0 Å². The first-order valence-electron chi connectivity index (χ1n) is 3.04. The molecule has 0 amide bonds. The topological polar surface area (TPSA) is 26.0 Å². The van der Waals surface area contributed by atoms with Crippen molar-refractivity contribution < 1.29 is 13.2 Å². The SMILES string of the molecule is Cc1c(F)c(F)c(N)c(I)c1F. The van der Waals surface area contributed by atoms with Crippen molar-refractivity contribution in [2.45, 2.75) is 6.92 Å². The van der Waals surface area contributed by atoms with Crippen LogP contribution in [-0.4, -0.2) is 0 Å². The van der Waals surface area contributed by atoms with Gasteiger partial charge in [-0.15, -0.1) is 0 Å². The summed E-state index contributed by atoms with van der Waals surface area (Å²) in [7, 11) is 0. The lowest BCUT2D eigenvalue weighted by Gasteiger charge is -2.05. The second-order valence-electron chi connectivity index (χ2n) is 2.29. The first-order chi connectivity index (χ1) is 5.46. The van der Waals surface area contributed by atoms with E-state index in [2.05, 4.69) is 0 Å². The Labute approximate surface area is 80.9 Å². The van der Waals surface area contributed by atoms with Crippen LogP contribution in [0.25, 0.3) is 0 Å². The number of benzene rings is 1. The maximum atomic E-state index is 12.9. The third-order valence-corrected chi connectivity index (χ3v) is 2.57. The Morgan fingerprint density at radius 3 is 2.08 bits per heavy atom. The molecule has 12 heavy (non-hydrogen) atoms. The van der Waals surface area contributed by atoms with E-state index < -0.39 is 23.1 Å². The van der Waals surface area contributed by atoms with E-state index in [1.807, 2.05) is 0 Å². The Kier molecular flexibility index (Phi) is 2.50. The van der Waals surface area contributed by atoms with Crippen LogP contribution in [0.4, 0.5) is 18.9 Å². The van der Waals surface area contributed by atoms with Crippen molar-refractivity contribution in [1.82, 2.24) is 0 Å². The molecule has 1 nitrogen and oxygen atoms in total. The van der Waals surface area contributed by atoms with Crippen LogP contribution in [0.2, 0.25) is 0 Å². The molecule has 0 saturated carbocycles. The first-order valence-corrected chi connectivity index (χ1v) is 4.12. The minimum absolute atomic E-state index is 0.0796. The van der Waals surface area contributed by atoms with E-state index in [1.54, 1.807) is 0 Å². The van der Waals surface area contributed by atoms with Gasteiger partial charge < -0.3 is 5.73 Å². The summed E-state index contributed by atoms with van der Waals surface area (Å²) in [6, 6.07) is 0. The molecule has 0 unspecified atom stereocenters. The highest BCUT2D eigenvalue weighted by Gasteiger charge is 2.18. The molecule has 0 aliphatic heterocycles. The Balaban J connectivity index is 3.60. The standard InChI is InChI=1S/C7H5F3IN/c1-2-3(8)5(10)7(12)6(11)4(2)9/h12H2,1H3. The second-order valence-corrected chi connectivity index (χ2v) is 3.37. The third kappa shape index (κ3) is 1.26. The molecule has 0 atom stereocenters. The molecule has 0 aromatic heterocycles. The number of nitrogens with two attached hydrogens (primary N) is 1. The van der Waals surface area contributed by atoms with Gasteiger partial charge in [-0.25, -0.2) is 13.2 Å². The molecule has 0 spiro atoms. The van der Waals surface area contributed by atoms with Crippen molar-refractivity contribution in [2.24, 2.45) is 0 Å². The normalized spacial score (nSPS) is 10.4. The largest absolute Gasteiger partial charge is 0.395 e. The quantitative estimate of drug-likeness (QED) is 0.443. The molecule has 0 radical (unpaired) electrons. The summed E-state index contributed by atoms with van der Waals surface area (Å²) in [6.45, 7) is 1.16. The second kappa shape index (κ2) is 3.12. The van der Waals surface area contributed by atoms with Crippen molar-refractivity contribution in [3.63, 3.8) is 0 Å². The fraction of sp³-hybridized carbons (Fsp3) is 0.143. The Bertz CT molecular complexity index is 233. The van der Waals surface area contributed by atoms with Crippen molar-refractivity contribution in [3.8, 4) is 0 Å². The zero-order chi connectivity index (χ0) is 9.46. The summed E-state index contributed by atoms with van der Waals surface area (Å²) in [5.74, 6) is -3.20. The molecule has 0 heterocycles. The van der Waals surface area contributed by atoms with Gasteiger partial charge in [0.1, 0.15) is 5.82 Å². The van der Waals surface area contributed by atoms with Gasteiger partial charge in [0.25, 0.3) is 0 Å². The molecular formula is C7H5F3IN. The molecule has 0 aliphatic rings. The molecule has 0 aliphatic carbocycles. The average Bonchev–Trinajstić information content (AvgIpc) is 2.08. The number of halogens is 4. The van der Waals surface area contributed by atoms with E-state index >= 15 is 0 Å². The molecule has 1 rings (SSSR count). The zero-order valence-corrected chi connectivity index (χ0v) is 8.25. The summed E-state index contributed by atoms with van der Waals surface area (Å²) < 4.78 is 38.4. The smallest absolute Gasteiger partial charge is 0.183 e. The highest BCUT2D eigenvalue weighted by molar-refractivity contribution is 14.1. The molecule has 0 bridgehead atoms. The fourth-order valence-electron chi connectivity index (χ4n) is 0.758. The highest BCUT2D eigenvalue weighted by atomic mass is 127. The van der Waals surface area contributed by atoms with E-state index in [9.17, 15) is 13.2 Å². The number of nitrogen functional groups attached to an aromatic ring is 1. The van der Waals surface area contributed by atoms with Gasteiger partial charge in [-0.1, -0.05) is 0 Å². The Hall–Kier alpha value is -0.460. The van der Waals surface area contributed by atoms with E-state index in [1.165, 1.54) is 22.6 Å². The van der Waals surface area contributed by atoms with Crippen LogP contribution in [0.1, 0.15) is 5.56 Å². The number of rotatable bonds is 0. The van der Waals surface area contributed by atoms with Crippen molar-refractivity contribution in [1.29, 1.82) is 0 Å². The average molecular weight is 287 g/mol. The highest BCUT2D eigenvalue weighted by Crippen LogP contribution is 2.27. The number of anilines is 1. The molecular weight excluding hydrogens is 282 g/mol. The van der Waals surface area contributed by atoms with Gasteiger partial charge in [0.15, 0.2) is 11.6 Å². The van der Waals surface area contributed by atoms with Gasteiger partial charge >= 0.3 is 0 Å². The Morgan fingerprint density at radius 1 is 1.08 bits per heavy atom. The summed E-state index contributed by atoms with van der Waals surface area (Å²) in [5.41, 5.74) is 4.27. The van der Waals surface area contributed by atoms with E-state index in [0.29, 0.717) is 0 Å². The van der Waals surface area contributed by atoms with Crippen molar-refractivity contribution >= 4 is 28.3 Å². The molecule has 0 fully saturated rings. The predicted octanol–water partition coefficient (Wildman–Crippen LogP) is 2.60.